The van der Waals surface area contributed by atoms with Crippen LogP contribution in [0.2, 0.25) is 0 Å². The normalized spacial score (nSPS) is 27.6. The zero-order chi connectivity index (χ0) is 12.3. The number of nitrogens with two attached hydrogens (primary N) is 1. The number of carbonyl (C=O) groups is 1. The molecule has 4 heteroatoms. The monoisotopic (exact) mass is 239 g/mol. The smallest absolute Gasteiger partial charge is 0.239 e. The molecule has 0 aromatic rings. The van der Waals surface area contributed by atoms with Crippen LogP contribution in [0.1, 0.15) is 39.0 Å². The molecule has 2 N–H and O–H groups in total. The quantitative estimate of drug-likeness (QED) is 0.793. The molecule has 0 bridgehead atoms. The van der Waals surface area contributed by atoms with Crippen molar-refractivity contribution in [2.45, 2.75) is 51.1 Å². The van der Waals surface area contributed by atoms with Crippen LogP contribution in [0.5, 0.6) is 0 Å². The van der Waals surface area contributed by atoms with Gasteiger partial charge in [0.15, 0.2) is 0 Å². The molecule has 0 spiro atoms. The van der Waals surface area contributed by atoms with E-state index in [1.807, 2.05) is 4.90 Å². The fourth-order valence-corrected chi connectivity index (χ4v) is 3.08. The van der Waals surface area contributed by atoms with Gasteiger partial charge < -0.3 is 10.6 Å². The summed E-state index contributed by atoms with van der Waals surface area (Å²) >= 11 is 0. The second-order valence-corrected chi connectivity index (χ2v) is 5.36. The summed E-state index contributed by atoms with van der Waals surface area (Å²) in [5, 5.41) is 0. The van der Waals surface area contributed by atoms with Crippen molar-refractivity contribution in [1.82, 2.24) is 9.80 Å². The Labute approximate surface area is 104 Å². The third-order valence-corrected chi connectivity index (χ3v) is 4.03. The van der Waals surface area contributed by atoms with E-state index in [-0.39, 0.29) is 11.9 Å². The van der Waals surface area contributed by atoms with Gasteiger partial charge in [0, 0.05) is 25.7 Å². The summed E-state index contributed by atoms with van der Waals surface area (Å²) in [6.45, 7) is 6.24. The molecule has 1 amide bonds. The molecule has 2 aliphatic heterocycles. The van der Waals surface area contributed by atoms with Gasteiger partial charge in [-0.15, -0.1) is 0 Å². The van der Waals surface area contributed by atoms with Gasteiger partial charge in [-0.1, -0.05) is 13.3 Å². The summed E-state index contributed by atoms with van der Waals surface area (Å²) in [6, 6.07) is 0.309. The average molecular weight is 239 g/mol. The first kappa shape index (κ1) is 12.8. The van der Waals surface area contributed by atoms with Crippen LogP contribution in [0.25, 0.3) is 0 Å². The van der Waals surface area contributed by atoms with Crippen molar-refractivity contribution in [2.24, 2.45) is 5.73 Å². The molecule has 0 aliphatic carbocycles. The van der Waals surface area contributed by atoms with E-state index >= 15 is 0 Å². The summed E-state index contributed by atoms with van der Waals surface area (Å²) < 4.78 is 0. The van der Waals surface area contributed by atoms with E-state index in [0.717, 1.165) is 38.9 Å². The molecular formula is C13H25N3O. The number of fused-ring (bicyclic) bond motifs is 1. The zero-order valence-corrected chi connectivity index (χ0v) is 10.9. The van der Waals surface area contributed by atoms with Crippen LogP contribution in [-0.2, 0) is 4.79 Å². The first-order valence-electron chi connectivity index (χ1n) is 7.00. The predicted octanol–water partition coefficient (Wildman–Crippen LogP) is 0.811. The van der Waals surface area contributed by atoms with Crippen molar-refractivity contribution in [1.29, 1.82) is 0 Å². The highest BCUT2D eigenvalue weighted by Crippen LogP contribution is 2.21. The molecule has 4 nitrogen and oxygen atoms in total. The Balaban J connectivity index is 1.93. The van der Waals surface area contributed by atoms with Crippen LogP contribution in [0.3, 0.4) is 0 Å². The Hall–Kier alpha value is -0.610. The molecule has 2 heterocycles. The van der Waals surface area contributed by atoms with Crippen molar-refractivity contribution in [3.8, 4) is 0 Å². The molecule has 0 saturated carbocycles. The van der Waals surface area contributed by atoms with Crippen LogP contribution in [-0.4, -0.2) is 54.0 Å². The maximum absolute atomic E-state index is 12.2. The van der Waals surface area contributed by atoms with Crippen LogP contribution in [0.4, 0.5) is 0 Å². The standard InChI is InChI=1S/C13H25N3O/c1-2-5-12(14)13(17)16-9-4-8-15-7-3-6-11(15)10-16/h11-12H,2-10,14H2,1H3/t11?,12-/m1/s1. The minimum Gasteiger partial charge on any atom is -0.340 e. The number of amides is 1. The van der Waals surface area contributed by atoms with Crippen molar-refractivity contribution in [3.63, 3.8) is 0 Å². The van der Waals surface area contributed by atoms with Crippen LogP contribution >= 0.6 is 0 Å². The van der Waals surface area contributed by atoms with Crippen molar-refractivity contribution in [2.75, 3.05) is 26.2 Å². The topological polar surface area (TPSA) is 49.6 Å². The van der Waals surface area contributed by atoms with Gasteiger partial charge in [0.1, 0.15) is 0 Å². The van der Waals surface area contributed by atoms with E-state index in [1.54, 1.807) is 0 Å². The summed E-state index contributed by atoms with van der Waals surface area (Å²) in [4.78, 5) is 16.8. The molecule has 0 aromatic carbocycles. The third kappa shape index (κ3) is 2.99. The molecule has 1 unspecified atom stereocenters. The van der Waals surface area contributed by atoms with E-state index < -0.39 is 0 Å². The number of hydrogen-bond donors (Lipinski definition) is 1. The van der Waals surface area contributed by atoms with Gasteiger partial charge in [-0.05, 0) is 32.2 Å². The second kappa shape index (κ2) is 5.83. The fourth-order valence-electron chi connectivity index (χ4n) is 3.08. The maximum atomic E-state index is 12.2. The largest absolute Gasteiger partial charge is 0.340 e. The Morgan fingerprint density at radius 3 is 2.88 bits per heavy atom. The van der Waals surface area contributed by atoms with Gasteiger partial charge >= 0.3 is 0 Å². The van der Waals surface area contributed by atoms with Crippen LogP contribution in [0.15, 0.2) is 0 Å². The zero-order valence-electron chi connectivity index (χ0n) is 10.9. The van der Waals surface area contributed by atoms with Gasteiger partial charge in [0.25, 0.3) is 0 Å². The van der Waals surface area contributed by atoms with Crippen molar-refractivity contribution in [3.05, 3.63) is 0 Å². The van der Waals surface area contributed by atoms with E-state index in [1.165, 1.54) is 19.4 Å². The van der Waals surface area contributed by atoms with E-state index in [0.29, 0.717) is 6.04 Å². The molecule has 2 fully saturated rings. The lowest BCUT2D eigenvalue weighted by atomic mass is 10.1. The fraction of sp³-hybridized carbons (Fsp3) is 0.923. The molecule has 0 aromatic heterocycles. The first-order valence-corrected chi connectivity index (χ1v) is 7.00. The van der Waals surface area contributed by atoms with E-state index in [9.17, 15) is 4.79 Å². The lowest BCUT2D eigenvalue weighted by Gasteiger charge is -2.27. The highest BCUT2D eigenvalue weighted by Gasteiger charge is 2.31. The Morgan fingerprint density at radius 1 is 1.35 bits per heavy atom. The highest BCUT2D eigenvalue weighted by molar-refractivity contribution is 5.81. The maximum Gasteiger partial charge on any atom is 0.239 e. The van der Waals surface area contributed by atoms with Crippen molar-refractivity contribution < 1.29 is 4.79 Å². The molecule has 2 atom stereocenters. The molecule has 2 aliphatic rings. The number of carbonyl (C=O) groups excluding carboxylic acids is 1. The lowest BCUT2D eigenvalue weighted by Crippen LogP contribution is -2.47. The number of rotatable bonds is 3. The van der Waals surface area contributed by atoms with Crippen LogP contribution < -0.4 is 5.73 Å². The molecule has 2 saturated heterocycles. The minimum atomic E-state index is -0.284. The van der Waals surface area contributed by atoms with Crippen molar-refractivity contribution >= 4 is 5.91 Å². The molecule has 17 heavy (non-hydrogen) atoms. The van der Waals surface area contributed by atoms with Gasteiger partial charge in [-0.3, -0.25) is 9.69 Å². The van der Waals surface area contributed by atoms with E-state index in [4.69, 9.17) is 5.73 Å². The molecule has 0 radical (unpaired) electrons. The highest BCUT2D eigenvalue weighted by atomic mass is 16.2. The van der Waals surface area contributed by atoms with E-state index in [2.05, 4.69) is 11.8 Å². The number of nitrogens with zero attached hydrogens (tertiary/aromatic N) is 2. The molecule has 2 rings (SSSR count). The SMILES string of the molecule is CCC[C@@H](N)C(=O)N1CCCN2CCCC2C1. The third-order valence-electron chi connectivity index (χ3n) is 4.03. The second-order valence-electron chi connectivity index (χ2n) is 5.36. The molecule has 98 valence electrons. The molecular weight excluding hydrogens is 214 g/mol. The van der Waals surface area contributed by atoms with Crippen LogP contribution in [0, 0.1) is 0 Å². The Morgan fingerprint density at radius 2 is 2.12 bits per heavy atom. The minimum absolute atomic E-state index is 0.167. The summed E-state index contributed by atoms with van der Waals surface area (Å²) in [6.07, 6.45) is 5.42. The number of hydrogen-bond acceptors (Lipinski definition) is 3. The van der Waals surface area contributed by atoms with Gasteiger partial charge in [0.2, 0.25) is 5.91 Å². The van der Waals surface area contributed by atoms with Gasteiger partial charge in [-0.2, -0.15) is 0 Å². The van der Waals surface area contributed by atoms with Gasteiger partial charge in [0.05, 0.1) is 6.04 Å². The first-order chi connectivity index (χ1) is 8.22. The van der Waals surface area contributed by atoms with Gasteiger partial charge in [-0.25, -0.2) is 0 Å². The summed E-state index contributed by atoms with van der Waals surface area (Å²) in [7, 11) is 0. The Kier molecular flexibility index (Phi) is 4.40. The average Bonchev–Trinajstić information content (AvgIpc) is 2.66. The lowest BCUT2D eigenvalue weighted by molar-refractivity contribution is -0.133. The Bertz CT molecular complexity index is 269. The predicted molar refractivity (Wildman–Crippen MR) is 68.7 cm³/mol. The summed E-state index contributed by atoms with van der Waals surface area (Å²) in [5.41, 5.74) is 5.94. The summed E-state index contributed by atoms with van der Waals surface area (Å²) in [5.74, 6) is 0.167.